The van der Waals surface area contributed by atoms with Crippen LogP contribution < -0.4 is 15.4 Å². The van der Waals surface area contributed by atoms with Gasteiger partial charge in [0.15, 0.2) is 0 Å². The van der Waals surface area contributed by atoms with E-state index in [0.717, 1.165) is 5.56 Å². The second-order valence-corrected chi connectivity index (χ2v) is 7.44. The fourth-order valence-electron chi connectivity index (χ4n) is 3.93. The van der Waals surface area contributed by atoms with Gasteiger partial charge in [-0.1, -0.05) is 30.3 Å². The molecule has 3 rings (SSSR count). The van der Waals surface area contributed by atoms with Gasteiger partial charge in [-0.2, -0.15) is 5.26 Å². The molecule has 2 aromatic carbocycles. The second kappa shape index (κ2) is 10.6. The van der Waals surface area contributed by atoms with Gasteiger partial charge in [-0.05, 0) is 50.1 Å². The number of hydrogen-bond donors (Lipinski definition) is 1. The third-order valence-electron chi connectivity index (χ3n) is 5.46. The van der Waals surface area contributed by atoms with Gasteiger partial charge in [-0.3, -0.25) is 4.90 Å². The topological polar surface area (TPSA) is 115 Å². The first kappa shape index (κ1) is 24.4. The van der Waals surface area contributed by atoms with Crippen LogP contribution in [0.1, 0.15) is 30.9 Å². The molecule has 2 N–H and O–H groups in total. The van der Waals surface area contributed by atoms with E-state index in [9.17, 15) is 14.9 Å². The van der Waals surface area contributed by atoms with Gasteiger partial charge in [-0.25, -0.2) is 9.59 Å². The summed E-state index contributed by atoms with van der Waals surface area (Å²) in [5, 5.41) is 10.2. The first-order chi connectivity index (χ1) is 16.4. The molecule has 0 radical (unpaired) electrons. The van der Waals surface area contributed by atoms with Crippen molar-refractivity contribution in [3.63, 3.8) is 0 Å². The Morgan fingerprint density at radius 2 is 1.65 bits per heavy atom. The molecule has 34 heavy (non-hydrogen) atoms. The molecule has 8 nitrogen and oxygen atoms in total. The Balaban J connectivity index is 2.40. The summed E-state index contributed by atoms with van der Waals surface area (Å²) in [4.78, 5) is 28.1. The van der Waals surface area contributed by atoms with Crippen LogP contribution in [0, 0.1) is 18.3 Å². The van der Waals surface area contributed by atoms with Crippen LogP contribution in [0.2, 0.25) is 0 Å². The molecule has 0 saturated heterocycles. The third-order valence-corrected chi connectivity index (χ3v) is 5.46. The van der Waals surface area contributed by atoms with Crippen molar-refractivity contribution in [1.29, 1.82) is 5.26 Å². The van der Waals surface area contributed by atoms with E-state index < -0.39 is 17.9 Å². The van der Waals surface area contributed by atoms with Gasteiger partial charge >= 0.3 is 11.9 Å². The average Bonchev–Trinajstić information content (AvgIpc) is 2.84. The zero-order chi connectivity index (χ0) is 24.8. The number of rotatable bonds is 7. The standard InChI is InChI=1S/C26H27N3O5/c1-5-33-25(30)22-21(17-11-13-18(32-4)14-12-17)19(15-27)24(28)29(23(22)26(31)34-6-2)20-10-8-7-9-16(20)3/h7-14,21H,5-6,28H2,1-4H3. The molecule has 1 atom stereocenters. The Morgan fingerprint density at radius 1 is 1.03 bits per heavy atom. The van der Waals surface area contributed by atoms with E-state index in [1.54, 1.807) is 50.2 Å². The van der Waals surface area contributed by atoms with Gasteiger partial charge in [0.1, 0.15) is 17.3 Å². The Hall–Kier alpha value is -4.25. The molecule has 2 aromatic rings. The van der Waals surface area contributed by atoms with Crippen molar-refractivity contribution in [1.82, 2.24) is 0 Å². The van der Waals surface area contributed by atoms with Gasteiger partial charge in [0.05, 0.1) is 49.1 Å². The lowest BCUT2D eigenvalue weighted by molar-refractivity contribution is -0.142. The number of benzene rings is 2. The van der Waals surface area contributed by atoms with Crippen LogP contribution in [0.15, 0.2) is 71.2 Å². The summed E-state index contributed by atoms with van der Waals surface area (Å²) < 4.78 is 15.9. The van der Waals surface area contributed by atoms with E-state index >= 15 is 0 Å². The number of esters is 2. The summed E-state index contributed by atoms with van der Waals surface area (Å²) in [6.45, 7) is 5.35. The molecule has 0 bridgehead atoms. The highest BCUT2D eigenvalue weighted by molar-refractivity contribution is 6.06. The predicted molar refractivity (Wildman–Crippen MR) is 127 cm³/mol. The SMILES string of the molecule is CCOC(=O)C1=C(C(=O)OCC)N(c2ccccc2C)C(N)=C(C#N)C1c1ccc(OC)cc1. The number of ether oxygens (including phenoxy) is 3. The van der Waals surface area contributed by atoms with Crippen LogP contribution in [0.5, 0.6) is 5.75 Å². The molecule has 0 spiro atoms. The maximum atomic E-state index is 13.3. The molecule has 0 amide bonds. The number of nitriles is 1. The molecule has 8 heteroatoms. The van der Waals surface area contributed by atoms with Crippen LogP contribution in [0.3, 0.4) is 0 Å². The number of carbonyl (C=O) groups is 2. The molecule has 0 aliphatic carbocycles. The number of hydrogen-bond acceptors (Lipinski definition) is 8. The van der Waals surface area contributed by atoms with E-state index in [1.807, 2.05) is 19.1 Å². The largest absolute Gasteiger partial charge is 0.497 e. The van der Waals surface area contributed by atoms with Gasteiger partial charge in [-0.15, -0.1) is 0 Å². The van der Waals surface area contributed by atoms with Crippen LogP contribution in [0.4, 0.5) is 5.69 Å². The minimum Gasteiger partial charge on any atom is -0.497 e. The third kappa shape index (κ3) is 4.46. The lowest BCUT2D eigenvalue weighted by Crippen LogP contribution is -2.41. The number of methoxy groups -OCH3 is 1. The van der Waals surface area contributed by atoms with Crippen molar-refractivity contribution in [2.45, 2.75) is 26.7 Å². The summed E-state index contributed by atoms with van der Waals surface area (Å²) in [7, 11) is 1.54. The Kier molecular flexibility index (Phi) is 7.59. The van der Waals surface area contributed by atoms with Crippen molar-refractivity contribution >= 4 is 17.6 Å². The first-order valence-electron chi connectivity index (χ1n) is 10.9. The highest BCUT2D eigenvalue weighted by Gasteiger charge is 2.43. The van der Waals surface area contributed by atoms with E-state index in [4.69, 9.17) is 19.9 Å². The molecule has 0 saturated carbocycles. The van der Waals surface area contributed by atoms with Crippen molar-refractivity contribution < 1.29 is 23.8 Å². The van der Waals surface area contributed by atoms with Crippen LogP contribution >= 0.6 is 0 Å². The number of allylic oxidation sites excluding steroid dienone is 1. The number of nitrogens with zero attached hydrogens (tertiary/aromatic N) is 2. The summed E-state index contributed by atoms with van der Waals surface area (Å²) in [5.41, 5.74) is 8.48. The Labute approximate surface area is 198 Å². The molecular weight excluding hydrogens is 434 g/mol. The van der Waals surface area contributed by atoms with Crippen molar-refractivity contribution in [3.8, 4) is 11.8 Å². The summed E-state index contributed by atoms with van der Waals surface area (Å²) in [6.07, 6.45) is 0. The fraction of sp³-hybridized carbons (Fsp3) is 0.269. The maximum absolute atomic E-state index is 13.3. The number of nitrogens with two attached hydrogens (primary N) is 1. The highest BCUT2D eigenvalue weighted by Crippen LogP contribution is 2.44. The van der Waals surface area contributed by atoms with E-state index in [2.05, 4.69) is 6.07 Å². The molecule has 0 aromatic heterocycles. The number of anilines is 1. The van der Waals surface area contributed by atoms with Crippen LogP contribution in [0.25, 0.3) is 0 Å². The van der Waals surface area contributed by atoms with Gasteiger partial charge in [0, 0.05) is 0 Å². The summed E-state index contributed by atoms with van der Waals surface area (Å²) in [5.74, 6) is -1.77. The van der Waals surface area contributed by atoms with Gasteiger partial charge in [0.2, 0.25) is 0 Å². The lowest BCUT2D eigenvalue weighted by atomic mass is 9.80. The summed E-state index contributed by atoms with van der Waals surface area (Å²) >= 11 is 0. The minimum absolute atomic E-state index is 0.0144. The number of aryl methyl sites for hydroxylation is 1. The van der Waals surface area contributed by atoms with Gasteiger partial charge in [0.25, 0.3) is 0 Å². The molecule has 0 fully saturated rings. The minimum atomic E-state index is -0.936. The van der Waals surface area contributed by atoms with E-state index in [0.29, 0.717) is 17.0 Å². The number of para-hydroxylation sites is 1. The maximum Gasteiger partial charge on any atom is 0.355 e. The fourth-order valence-corrected chi connectivity index (χ4v) is 3.93. The first-order valence-corrected chi connectivity index (χ1v) is 10.9. The highest BCUT2D eigenvalue weighted by atomic mass is 16.5. The molecule has 1 unspecified atom stereocenters. The molecular formula is C26H27N3O5. The predicted octanol–water partition coefficient (Wildman–Crippen LogP) is 3.68. The average molecular weight is 462 g/mol. The van der Waals surface area contributed by atoms with Crippen molar-refractivity contribution in [2.24, 2.45) is 5.73 Å². The van der Waals surface area contributed by atoms with E-state index in [-0.39, 0.29) is 35.9 Å². The second-order valence-electron chi connectivity index (χ2n) is 7.44. The lowest BCUT2D eigenvalue weighted by Gasteiger charge is -2.36. The van der Waals surface area contributed by atoms with Crippen molar-refractivity contribution in [2.75, 3.05) is 25.2 Å². The zero-order valence-electron chi connectivity index (χ0n) is 19.6. The van der Waals surface area contributed by atoms with Crippen molar-refractivity contribution in [3.05, 3.63) is 82.3 Å². The van der Waals surface area contributed by atoms with Crippen LogP contribution in [-0.4, -0.2) is 32.3 Å². The summed E-state index contributed by atoms with van der Waals surface area (Å²) in [6, 6.07) is 16.2. The normalized spacial score (nSPS) is 15.6. The van der Waals surface area contributed by atoms with Crippen LogP contribution in [-0.2, 0) is 19.1 Å². The smallest absolute Gasteiger partial charge is 0.355 e. The monoisotopic (exact) mass is 461 g/mol. The van der Waals surface area contributed by atoms with Gasteiger partial charge < -0.3 is 19.9 Å². The molecule has 176 valence electrons. The molecule has 1 heterocycles. The molecule has 1 aliphatic rings. The Morgan fingerprint density at radius 3 is 2.21 bits per heavy atom. The van der Waals surface area contributed by atoms with E-state index in [1.165, 1.54) is 12.0 Å². The zero-order valence-corrected chi connectivity index (χ0v) is 19.6. The number of carbonyl (C=O) groups excluding carboxylic acids is 2. The quantitative estimate of drug-likeness (QED) is 0.621. The Bertz CT molecular complexity index is 1190. The molecule has 1 aliphatic heterocycles.